The molecular weight excluding hydrogens is 290 g/mol. The van der Waals surface area contributed by atoms with E-state index in [1.807, 2.05) is 6.07 Å². The summed E-state index contributed by atoms with van der Waals surface area (Å²) in [4.78, 5) is 11.5. The number of amides is 1. The van der Waals surface area contributed by atoms with Gasteiger partial charge in [0.1, 0.15) is 0 Å². The molecule has 0 spiro atoms. The molecule has 1 fully saturated rings. The lowest BCUT2D eigenvalue weighted by molar-refractivity contribution is -0.122. The lowest BCUT2D eigenvalue weighted by Gasteiger charge is -2.26. The van der Waals surface area contributed by atoms with E-state index >= 15 is 0 Å². The van der Waals surface area contributed by atoms with Crippen LogP contribution in [-0.4, -0.2) is 44.8 Å². The Bertz CT molecular complexity index is 628. The molecule has 114 valence electrons. The van der Waals surface area contributed by atoms with Gasteiger partial charge in [0.05, 0.1) is 11.4 Å². The molecule has 21 heavy (non-hydrogen) atoms. The number of sulfonamides is 1. The highest BCUT2D eigenvalue weighted by Gasteiger charge is 2.29. The average molecular weight is 309 g/mol. The molecule has 1 aromatic rings. The normalized spacial score (nSPS) is 16.3. The highest BCUT2D eigenvalue weighted by molar-refractivity contribution is 7.89. The van der Waals surface area contributed by atoms with Crippen molar-refractivity contribution in [2.75, 3.05) is 31.5 Å². The Balaban J connectivity index is 2.17. The fraction of sp³-hybridized carbons (Fsp3) is 0.357. The van der Waals surface area contributed by atoms with Gasteiger partial charge in [0.2, 0.25) is 15.9 Å². The molecule has 0 aromatic heterocycles. The summed E-state index contributed by atoms with van der Waals surface area (Å²) in [5.74, 6) is -0.273. The zero-order valence-corrected chi connectivity index (χ0v) is 12.5. The van der Waals surface area contributed by atoms with Crippen molar-refractivity contribution >= 4 is 21.6 Å². The maximum absolute atomic E-state index is 12.5. The molecule has 6 nitrogen and oxygen atoms in total. The number of nitrogens with one attached hydrogen (secondary N) is 2. The summed E-state index contributed by atoms with van der Waals surface area (Å²) in [6.45, 7) is 4.84. The third kappa shape index (κ3) is 3.83. The zero-order valence-electron chi connectivity index (χ0n) is 11.7. The number of piperazine rings is 1. The summed E-state index contributed by atoms with van der Waals surface area (Å²) < 4.78 is 26.2. The minimum atomic E-state index is -3.64. The maximum atomic E-state index is 12.5. The molecule has 0 aliphatic carbocycles. The van der Waals surface area contributed by atoms with Gasteiger partial charge in [-0.3, -0.25) is 4.79 Å². The van der Waals surface area contributed by atoms with Gasteiger partial charge >= 0.3 is 0 Å². The van der Waals surface area contributed by atoms with Crippen LogP contribution in [0.1, 0.15) is 6.42 Å². The first-order valence-corrected chi connectivity index (χ1v) is 8.20. The Morgan fingerprint density at radius 3 is 2.95 bits per heavy atom. The fourth-order valence-electron chi connectivity index (χ4n) is 2.05. The monoisotopic (exact) mass is 309 g/mol. The van der Waals surface area contributed by atoms with Gasteiger partial charge in [0.15, 0.2) is 0 Å². The minimum Gasteiger partial charge on any atom is -0.385 e. The topological polar surface area (TPSA) is 78.5 Å². The lowest BCUT2D eigenvalue weighted by Crippen LogP contribution is -2.49. The zero-order chi connectivity index (χ0) is 15.3. The summed E-state index contributed by atoms with van der Waals surface area (Å²) in [7, 11) is -3.64. The molecule has 1 heterocycles. The van der Waals surface area contributed by atoms with E-state index < -0.39 is 10.0 Å². The molecular formula is C14H19N3O3S. The van der Waals surface area contributed by atoms with Crippen molar-refractivity contribution in [2.24, 2.45) is 0 Å². The molecule has 1 amide bonds. The number of rotatable bonds is 6. The summed E-state index contributed by atoms with van der Waals surface area (Å²) in [6.07, 6.45) is 2.59. The quantitative estimate of drug-likeness (QED) is 0.602. The Kier molecular flexibility index (Phi) is 4.98. The lowest BCUT2D eigenvalue weighted by atomic mass is 10.3. The first-order valence-electron chi connectivity index (χ1n) is 6.76. The number of hydrogen-bond donors (Lipinski definition) is 2. The van der Waals surface area contributed by atoms with Crippen LogP contribution in [0.2, 0.25) is 0 Å². The standard InChI is InChI=1S/C14H19N3O3S/c1-2-3-7-15-12-5-4-6-13(10-12)21(19,20)17-9-8-16-14(18)11-17/h2,4-6,10,15H,1,3,7-9,11H2,(H,16,18). The molecule has 1 aromatic carbocycles. The van der Waals surface area contributed by atoms with E-state index in [1.54, 1.807) is 24.3 Å². The van der Waals surface area contributed by atoms with Crippen LogP contribution < -0.4 is 10.6 Å². The van der Waals surface area contributed by atoms with Gasteiger partial charge in [-0.15, -0.1) is 6.58 Å². The van der Waals surface area contributed by atoms with Crippen LogP contribution in [0.3, 0.4) is 0 Å². The van der Waals surface area contributed by atoms with Crippen LogP contribution in [0.4, 0.5) is 5.69 Å². The number of benzene rings is 1. The molecule has 0 atom stereocenters. The summed E-state index contributed by atoms with van der Waals surface area (Å²) in [6, 6.07) is 6.63. The molecule has 7 heteroatoms. The SMILES string of the molecule is C=CCCNc1cccc(S(=O)(=O)N2CCNC(=O)C2)c1. The van der Waals surface area contributed by atoms with Gasteiger partial charge in [-0.05, 0) is 24.6 Å². The minimum absolute atomic E-state index is 0.129. The Hall–Kier alpha value is -1.86. The summed E-state index contributed by atoms with van der Waals surface area (Å²) in [5.41, 5.74) is 0.736. The molecule has 0 unspecified atom stereocenters. The second-order valence-electron chi connectivity index (χ2n) is 4.72. The fourth-order valence-corrected chi connectivity index (χ4v) is 3.50. The van der Waals surface area contributed by atoms with E-state index in [4.69, 9.17) is 0 Å². The van der Waals surface area contributed by atoms with Crippen molar-refractivity contribution in [1.82, 2.24) is 9.62 Å². The van der Waals surface area contributed by atoms with E-state index in [0.717, 1.165) is 12.1 Å². The van der Waals surface area contributed by atoms with Gasteiger partial charge in [-0.2, -0.15) is 4.31 Å². The first kappa shape index (κ1) is 15.5. The molecule has 0 saturated carbocycles. The Labute approximate surface area is 124 Å². The smallest absolute Gasteiger partial charge is 0.243 e. The number of carbonyl (C=O) groups excluding carboxylic acids is 1. The number of carbonyl (C=O) groups is 1. The number of anilines is 1. The molecule has 1 aliphatic heterocycles. The van der Waals surface area contributed by atoms with Gasteiger partial charge in [0.25, 0.3) is 0 Å². The third-order valence-electron chi connectivity index (χ3n) is 3.15. The second-order valence-corrected chi connectivity index (χ2v) is 6.66. The number of nitrogens with zero attached hydrogens (tertiary/aromatic N) is 1. The van der Waals surface area contributed by atoms with Gasteiger partial charge in [-0.1, -0.05) is 12.1 Å². The van der Waals surface area contributed by atoms with Crippen LogP contribution in [0, 0.1) is 0 Å². The predicted molar refractivity (Wildman–Crippen MR) is 81.5 cm³/mol. The van der Waals surface area contributed by atoms with Crippen molar-refractivity contribution in [3.63, 3.8) is 0 Å². The summed E-state index contributed by atoms with van der Waals surface area (Å²) in [5, 5.41) is 5.75. The van der Waals surface area contributed by atoms with Gasteiger partial charge in [-0.25, -0.2) is 8.42 Å². The van der Waals surface area contributed by atoms with E-state index in [9.17, 15) is 13.2 Å². The molecule has 1 saturated heterocycles. The molecule has 1 aliphatic rings. The first-order chi connectivity index (χ1) is 10.0. The van der Waals surface area contributed by atoms with Crippen molar-refractivity contribution in [2.45, 2.75) is 11.3 Å². The van der Waals surface area contributed by atoms with Gasteiger partial charge < -0.3 is 10.6 Å². The van der Waals surface area contributed by atoms with Crippen molar-refractivity contribution < 1.29 is 13.2 Å². The highest BCUT2D eigenvalue weighted by Crippen LogP contribution is 2.20. The maximum Gasteiger partial charge on any atom is 0.243 e. The molecule has 2 rings (SSSR count). The highest BCUT2D eigenvalue weighted by atomic mass is 32.2. The predicted octanol–water partition coefficient (Wildman–Crippen LogP) is 0.795. The van der Waals surface area contributed by atoms with Crippen LogP contribution in [-0.2, 0) is 14.8 Å². The second kappa shape index (κ2) is 6.73. The largest absolute Gasteiger partial charge is 0.385 e. The van der Waals surface area contributed by atoms with Crippen LogP contribution in [0.15, 0.2) is 41.8 Å². The van der Waals surface area contributed by atoms with E-state index in [0.29, 0.717) is 19.6 Å². The van der Waals surface area contributed by atoms with Crippen molar-refractivity contribution in [3.05, 3.63) is 36.9 Å². The molecule has 0 bridgehead atoms. The van der Waals surface area contributed by atoms with Crippen molar-refractivity contribution in [1.29, 1.82) is 0 Å². The molecule has 2 N–H and O–H groups in total. The Morgan fingerprint density at radius 1 is 1.43 bits per heavy atom. The van der Waals surface area contributed by atoms with E-state index in [2.05, 4.69) is 17.2 Å². The Morgan fingerprint density at radius 2 is 2.24 bits per heavy atom. The van der Waals surface area contributed by atoms with Crippen molar-refractivity contribution in [3.8, 4) is 0 Å². The van der Waals surface area contributed by atoms with E-state index in [-0.39, 0.29) is 17.3 Å². The van der Waals surface area contributed by atoms with Crippen LogP contribution >= 0.6 is 0 Å². The summed E-state index contributed by atoms with van der Waals surface area (Å²) >= 11 is 0. The average Bonchev–Trinajstić information content (AvgIpc) is 2.48. The number of hydrogen-bond acceptors (Lipinski definition) is 4. The van der Waals surface area contributed by atoms with Crippen LogP contribution in [0.5, 0.6) is 0 Å². The van der Waals surface area contributed by atoms with Gasteiger partial charge in [0, 0.05) is 25.3 Å². The van der Waals surface area contributed by atoms with Crippen LogP contribution in [0.25, 0.3) is 0 Å². The third-order valence-corrected chi connectivity index (χ3v) is 4.99. The van der Waals surface area contributed by atoms with E-state index in [1.165, 1.54) is 4.31 Å². The molecule has 0 radical (unpaired) electrons.